The summed E-state index contributed by atoms with van der Waals surface area (Å²) in [6.07, 6.45) is 0.712. The third-order valence-corrected chi connectivity index (χ3v) is 3.74. The lowest BCUT2D eigenvalue weighted by atomic mass is 9.89. The van der Waals surface area contributed by atoms with E-state index >= 15 is 0 Å². The Kier molecular flexibility index (Phi) is 4.14. The van der Waals surface area contributed by atoms with Crippen molar-refractivity contribution in [1.82, 2.24) is 10.2 Å². The molecule has 0 aromatic heterocycles. The second-order valence-electron chi connectivity index (χ2n) is 5.30. The predicted molar refractivity (Wildman–Crippen MR) is 66.2 cm³/mol. The van der Waals surface area contributed by atoms with Crippen LogP contribution in [0.5, 0.6) is 0 Å². The van der Waals surface area contributed by atoms with E-state index in [1.54, 1.807) is 11.9 Å². The van der Waals surface area contributed by atoms with Gasteiger partial charge in [0, 0.05) is 26.2 Å². The highest BCUT2D eigenvalue weighted by molar-refractivity contribution is 5.85. The largest absolute Gasteiger partial charge is 0.359 e. The summed E-state index contributed by atoms with van der Waals surface area (Å²) in [6.45, 7) is 6.69. The molecule has 0 aliphatic carbocycles. The molecule has 98 valence electrons. The van der Waals surface area contributed by atoms with Crippen molar-refractivity contribution >= 4 is 11.8 Å². The molecular formula is C12H23N3O2. The fraction of sp³-hybridized carbons (Fsp3) is 0.833. The molecule has 1 aliphatic heterocycles. The van der Waals surface area contributed by atoms with Crippen LogP contribution in [0.4, 0.5) is 0 Å². The first kappa shape index (κ1) is 14.0. The molecule has 0 bridgehead atoms. The lowest BCUT2D eigenvalue weighted by molar-refractivity contribution is -0.135. The second kappa shape index (κ2) is 5.04. The SMILES string of the molecule is CNC(=O)C1(C)CCN(C(=O)C(C)C(C)N)C1. The van der Waals surface area contributed by atoms with Gasteiger partial charge in [0.25, 0.3) is 0 Å². The van der Waals surface area contributed by atoms with Crippen molar-refractivity contribution in [2.75, 3.05) is 20.1 Å². The smallest absolute Gasteiger partial charge is 0.227 e. The summed E-state index contributed by atoms with van der Waals surface area (Å²) in [5.74, 6) is -0.143. The van der Waals surface area contributed by atoms with E-state index in [1.807, 2.05) is 20.8 Å². The Bertz CT molecular complexity index is 317. The summed E-state index contributed by atoms with van der Waals surface area (Å²) in [4.78, 5) is 25.6. The number of amides is 2. The lowest BCUT2D eigenvalue weighted by Crippen LogP contribution is -2.44. The molecule has 1 fully saturated rings. The topological polar surface area (TPSA) is 75.4 Å². The van der Waals surface area contributed by atoms with E-state index in [0.717, 1.165) is 0 Å². The molecule has 3 atom stereocenters. The first-order valence-corrected chi connectivity index (χ1v) is 6.08. The number of hydrogen-bond donors (Lipinski definition) is 2. The highest BCUT2D eigenvalue weighted by Crippen LogP contribution is 2.31. The number of nitrogens with two attached hydrogens (primary N) is 1. The van der Waals surface area contributed by atoms with Gasteiger partial charge in [0.05, 0.1) is 11.3 Å². The van der Waals surface area contributed by atoms with Crippen molar-refractivity contribution in [2.45, 2.75) is 33.2 Å². The van der Waals surface area contributed by atoms with Crippen LogP contribution in [0.1, 0.15) is 27.2 Å². The molecule has 3 N–H and O–H groups in total. The quantitative estimate of drug-likeness (QED) is 0.727. The predicted octanol–water partition coefficient (Wildman–Crippen LogP) is -0.0457. The van der Waals surface area contributed by atoms with Crippen molar-refractivity contribution in [2.24, 2.45) is 17.1 Å². The summed E-state index contributed by atoms with van der Waals surface area (Å²) < 4.78 is 0. The third kappa shape index (κ3) is 2.77. The molecule has 2 amide bonds. The van der Waals surface area contributed by atoms with Crippen LogP contribution in [0, 0.1) is 11.3 Å². The van der Waals surface area contributed by atoms with Crippen LogP contribution >= 0.6 is 0 Å². The van der Waals surface area contributed by atoms with Crippen molar-refractivity contribution in [3.05, 3.63) is 0 Å². The summed E-state index contributed by atoms with van der Waals surface area (Å²) in [6, 6.07) is -0.158. The maximum Gasteiger partial charge on any atom is 0.227 e. The Morgan fingerprint density at radius 3 is 2.47 bits per heavy atom. The van der Waals surface area contributed by atoms with Crippen LogP contribution in [0.25, 0.3) is 0 Å². The van der Waals surface area contributed by atoms with Gasteiger partial charge in [0.1, 0.15) is 0 Å². The van der Waals surface area contributed by atoms with E-state index in [2.05, 4.69) is 5.32 Å². The summed E-state index contributed by atoms with van der Waals surface area (Å²) in [5, 5.41) is 2.66. The highest BCUT2D eigenvalue weighted by Gasteiger charge is 2.42. The number of carbonyl (C=O) groups excluding carboxylic acids is 2. The Balaban J connectivity index is 2.68. The van der Waals surface area contributed by atoms with Gasteiger partial charge in [-0.05, 0) is 20.3 Å². The van der Waals surface area contributed by atoms with Gasteiger partial charge in [0.15, 0.2) is 0 Å². The first-order chi connectivity index (χ1) is 7.81. The molecule has 0 radical (unpaired) electrons. The zero-order chi connectivity index (χ0) is 13.2. The van der Waals surface area contributed by atoms with E-state index < -0.39 is 5.41 Å². The van der Waals surface area contributed by atoms with E-state index in [9.17, 15) is 9.59 Å². The molecule has 1 saturated heterocycles. The van der Waals surface area contributed by atoms with E-state index in [-0.39, 0.29) is 23.8 Å². The van der Waals surface area contributed by atoms with Gasteiger partial charge in [-0.1, -0.05) is 6.92 Å². The Morgan fingerprint density at radius 1 is 1.41 bits per heavy atom. The molecule has 0 aromatic rings. The maximum atomic E-state index is 12.1. The van der Waals surface area contributed by atoms with Gasteiger partial charge in [-0.15, -0.1) is 0 Å². The molecule has 5 nitrogen and oxygen atoms in total. The average molecular weight is 241 g/mol. The van der Waals surface area contributed by atoms with Crippen LogP contribution in [0.2, 0.25) is 0 Å². The van der Waals surface area contributed by atoms with Gasteiger partial charge < -0.3 is 16.0 Å². The van der Waals surface area contributed by atoms with Gasteiger partial charge in [0.2, 0.25) is 11.8 Å². The standard InChI is InChI=1S/C12H23N3O2/c1-8(9(2)13)10(16)15-6-5-12(3,7-15)11(17)14-4/h8-9H,5-7,13H2,1-4H3,(H,14,17). The number of nitrogens with one attached hydrogen (secondary N) is 1. The number of rotatable bonds is 3. The Labute approximate surface area is 103 Å². The van der Waals surface area contributed by atoms with Crippen LogP contribution in [-0.2, 0) is 9.59 Å². The molecule has 1 rings (SSSR count). The van der Waals surface area contributed by atoms with Crippen LogP contribution < -0.4 is 11.1 Å². The normalized spacial score (nSPS) is 27.7. The number of hydrogen-bond acceptors (Lipinski definition) is 3. The van der Waals surface area contributed by atoms with Crippen molar-refractivity contribution in [3.63, 3.8) is 0 Å². The Morgan fingerprint density at radius 2 is 2.00 bits per heavy atom. The fourth-order valence-electron chi connectivity index (χ4n) is 2.15. The molecule has 5 heteroatoms. The molecule has 17 heavy (non-hydrogen) atoms. The minimum Gasteiger partial charge on any atom is -0.359 e. The summed E-state index contributed by atoms with van der Waals surface area (Å²) >= 11 is 0. The zero-order valence-electron chi connectivity index (χ0n) is 11.1. The van der Waals surface area contributed by atoms with Gasteiger partial charge in [-0.3, -0.25) is 9.59 Å². The minimum atomic E-state index is -0.456. The number of nitrogens with zero attached hydrogens (tertiary/aromatic N) is 1. The molecule has 1 heterocycles. The minimum absolute atomic E-state index is 0.00116. The van der Waals surface area contributed by atoms with Gasteiger partial charge in [-0.25, -0.2) is 0 Å². The molecule has 1 aliphatic rings. The first-order valence-electron chi connectivity index (χ1n) is 6.08. The third-order valence-electron chi connectivity index (χ3n) is 3.74. The molecule has 0 aromatic carbocycles. The lowest BCUT2D eigenvalue weighted by Gasteiger charge is -2.25. The molecule has 0 spiro atoms. The van der Waals surface area contributed by atoms with Crippen molar-refractivity contribution in [3.8, 4) is 0 Å². The van der Waals surface area contributed by atoms with Crippen LogP contribution in [0.15, 0.2) is 0 Å². The summed E-state index contributed by atoms with van der Waals surface area (Å²) in [7, 11) is 1.63. The van der Waals surface area contributed by atoms with E-state index in [1.165, 1.54) is 0 Å². The van der Waals surface area contributed by atoms with Crippen molar-refractivity contribution in [1.29, 1.82) is 0 Å². The van der Waals surface area contributed by atoms with E-state index in [0.29, 0.717) is 19.5 Å². The molecule has 0 saturated carbocycles. The Hall–Kier alpha value is -1.10. The van der Waals surface area contributed by atoms with Crippen LogP contribution in [0.3, 0.4) is 0 Å². The molecule has 3 unspecified atom stereocenters. The fourth-order valence-corrected chi connectivity index (χ4v) is 2.15. The number of carbonyl (C=O) groups is 2. The monoisotopic (exact) mass is 241 g/mol. The summed E-state index contributed by atoms with van der Waals surface area (Å²) in [5.41, 5.74) is 5.27. The highest BCUT2D eigenvalue weighted by atomic mass is 16.2. The molecular weight excluding hydrogens is 218 g/mol. The number of likely N-dealkylation sites (tertiary alicyclic amines) is 1. The van der Waals surface area contributed by atoms with E-state index in [4.69, 9.17) is 5.73 Å². The van der Waals surface area contributed by atoms with Gasteiger partial charge >= 0.3 is 0 Å². The van der Waals surface area contributed by atoms with Crippen molar-refractivity contribution < 1.29 is 9.59 Å². The maximum absolute atomic E-state index is 12.1. The van der Waals surface area contributed by atoms with Crippen LogP contribution in [-0.4, -0.2) is 42.9 Å². The zero-order valence-corrected chi connectivity index (χ0v) is 11.1. The van der Waals surface area contributed by atoms with Gasteiger partial charge in [-0.2, -0.15) is 0 Å². The second-order valence-corrected chi connectivity index (χ2v) is 5.30. The average Bonchev–Trinajstić information content (AvgIpc) is 2.70.